The minimum atomic E-state index is -0.765. The molecule has 0 heterocycles. The SMILES string of the molecule is CCC(O)CCNC(C(=O)O)C1CC1. The van der Waals surface area contributed by atoms with Crippen molar-refractivity contribution in [2.24, 2.45) is 5.92 Å². The molecule has 2 atom stereocenters. The molecule has 1 saturated carbocycles. The zero-order chi connectivity index (χ0) is 10.6. The summed E-state index contributed by atoms with van der Waals surface area (Å²) < 4.78 is 0. The van der Waals surface area contributed by atoms with Crippen LogP contribution >= 0.6 is 0 Å². The van der Waals surface area contributed by atoms with Crippen LogP contribution in [0.4, 0.5) is 0 Å². The molecule has 2 unspecified atom stereocenters. The number of aliphatic hydroxyl groups is 1. The lowest BCUT2D eigenvalue weighted by atomic mass is 10.1. The van der Waals surface area contributed by atoms with E-state index in [2.05, 4.69) is 5.32 Å². The molecule has 0 radical (unpaired) electrons. The molecule has 0 amide bonds. The van der Waals surface area contributed by atoms with Crippen LogP contribution in [0.5, 0.6) is 0 Å². The third-order valence-corrected chi connectivity index (χ3v) is 2.67. The van der Waals surface area contributed by atoms with Crippen LogP contribution in [0.15, 0.2) is 0 Å². The van der Waals surface area contributed by atoms with Crippen LogP contribution in [0.25, 0.3) is 0 Å². The van der Waals surface area contributed by atoms with Crippen molar-refractivity contribution in [2.45, 2.75) is 44.8 Å². The van der Waals surface area contributed by atoms with Gasteiger partial charge in [0, 0.05) is 0 Å². The summed E-state index contributed by atoms with van der Waals surface area (Å²) >= 11 is 0. The van der Waals surface area contributed by atoms with Gasteiger partial charge in [0.15, 0.2) is 0 Å². The Hall–Kier alpha value is -0.610. The largest absolute Gasteiger partial charge is 0.480 e. The average molecular weight is 201 g/mol. The molecule has 1 rings (SSSR count). The molecule has 0 aromatic rings. The summed E-state index contributed by atoms with van der Waals surface area (Å²) in [6.45, 7) is 2.50. The quantitative estimate of drug-likeness (QED) is 0.564. The summed E-state index contributed by atoms with van der Waals surface area (Å²) in [5.41, 5.74) is 0. The predicted octanol–water partition coefficient (Wildman–Crippen LogP) is 0.600. The van der Waals surface area contributed by atoms with Crippen molar-refractivity contribution < 1.29 is 15.0 Å². The normalized spacial score (nSPS) is 20.4. The van der Waals surface area contributed by atoms with Gasteiger partial charge in [-0.05, 0) is 38.1 Å². The minimum absolute atomic E-state index is 0.309. The van der Waals surface area contributed by atoms with Gasteiger partial charge in [0.05, 0.1) is 6.10 Å². The Bertz CT molecular complexity index is 192. The highest BCUT2D eigenvalue weighted by Crippen LogP contribution is 2.32. The van der Waals surface area contributed by atoms with Crippen molar-refractivity contribution in [3.05, 3.63) is 0 Å². The standard InChI is InChI=1S/C10H19NO3/c1-2-8(12)5-6-11-9(10(13)14)7-3-4-7/h7-9,11-12H,2-6H2,1H3,(H,13,14). The molecule has 4 nitrogen and oxygen atoms in total. The molecule has 4 heteroatoms. The average Bonchev–Trinajstić information content (AvgIpc) is 2.94. The van der Waals surface area contributed by atoms with Gasteiger partial charge in [0.1, 0.15) is 6.04 Å². The van der Waals surface area contributed by atoms with Gasteiger partial charge in [-0.2, -0.15) is 0 Å². The first-order valence-electron chi connectivity index (χ1n) is 5.29. The maximum Gasteiger partial charge on any atom is 0.320 e. The second-order valence-corrected chi connectivity index (χ2v) is 3.96. The van der Waals surface area contributed by atoms with E-state index in [1.807, 2.05) is 6.92 Å². The molecule has 0 bridgehead atoms. The fourth-order valence-electron chi connectivity index (χ4n) is 1.49. The van der Waals surface area contributed by atoms with Gasteiger partial charge < -0.3 is 15.5 Å². The number of carbonyl (C=O) groups is 1. The number of carboxylic acid groups (broad SMARTS) is 1. The first-order chi connectivity index (χ1) is 6.65. The first kappa shape index (κ1) is 11.5. The van der Waals surface area contributed by atoms with E-state index in [0.717, 1.165) is 19.3 Å². The van der Waals surface area contributed by atoms with Gasteiger partial charge in [-0.15, -0.1) is 0 Å². The van der Waals surface area contributed by atoms with Crippen molar-refractivity contribution in [3.63, 3.8) is 0 Å². The van der Waals surface area contributed by atoms with E-state index in [1.54, 1.807) is 0 Å². The zero-order valence-electron chi connectivity index (χ0n) is 8.57. The number of aliphatic hydroxyl groups excluding tert-OH is 1. The number of hydrogen-bond donors (Lipinski definition) is 3. The van der Waals surface area contributed by atoms with Gasteiger partial charge in [0.2, 0.25) is 0 Å². The van der Waals surface area contributed by atoms with E-state index >= 15 is 0 Å². The van der Waals surface area contributed by atoms with E-state index in [4.69, 9.17) is 5.11 Å². The molecule has 0 aromatic heterocycles. The highest BCUT2D eigenvalue weighted by molar-refractivity contribution is 5.74. The van der Waals surface area contributed by atoms with Crippen LogP contribution in [-0.4, -0.2) is 34.9 Å². The van der Waals surface area contributed by atoms with Gasteiger partial charge in [-0.1, -0.05) is 6.92 Å². The van der Waals surface area contributed by atoms with E-state index in [0.29, 0.717) is 18.9 Å². The van der Waals surface area contributed by atoms with Crippen molar-refractivity contribution in [3.8, 4) is 0 Å². The summed E-state index contributed by atoms with van der Waals surface area (Å²) in [5, 5.41) is 21.1. The van der Waals surface area contributed by atoms with Crippen molar-refractivity contribution in [2.75, 3.05) is 6.54 Å². The maximum absolute atomic E-state index is 10.8. The van der Waals surface area contributed by atoms with Crippen molar-refractivity contribution in [1.82, 2.24) is 5.32 Å². The van der Waals surface area contributed by atoms with Crippen LogP contribution < -0.4 is 5.32 Å². The Balaban J connectivity index is 2.17. The summed E-state index contributed by atoms with van der Waals surface area (Å²) in [6.07, 6.45) is 3.08. The highest BCUT2D eigenvalue weighted by Gasteiger charge is 2.35. The van der Waals surface area contributed by atoms with E-state index in [9.17, 15) is 9.90 Å². The second-order valence-electron chi connectivity index (χ2n) is 3.96. The number of rotatable bonds is 7. The summed E-state index contributed by atoms with van der Waals surface area (Å²) in [6, 6.07) is -0.404. The third-order valence-electron chi connectivity index (χ3n) is 2.67. The molecule has 0 saturated heterocycles. The molecular weight excluding hydrogens is 182 g/mol. The summed E-state index contributed by atoms with van der Waals surface area (Å²) in [7, 11) is 0. The monoisotopic (exact) mass is 201 g/mol. The van der Waals surface area contributed by atoms with Crippen molar-refractivity contribution in [1.29, 1.82) is 0 Å². The lowest BCUT2D eigenvalue weighted by Crippen LogP contribution is -2.39. The molecule has 82 valence electrons. The fraction of sp³-hybridized carbons (Fsp3) is 0.900. The number of carboxylic acids is 1. The molecular formula is C10H19NO3. The second kappa shape index (κ2) is 5.32. The van der Waals surface area contributed by atoms with Gasteiger partial charge in [-0.25, -0.2) is 0 Å². The van der Waals surface area contributed by atoms with Crippen LogP contribution in [0.2, 0.25) is 0 Å². The lowest BCUT2D eigenvalue weighted by Gasteiger charge is -2.14. The summed E-state index contributed by atoms with van der Waals surface area (Å²) in [5.74, 6) is -0.454. The molecule has 1 aliphatic rings. The molecule has 3 N–H and O–H groups in total. The van der Waals surface area contributed by atoms with Gasteiger partial charge in [0.25, 0.3) is 0 Å². The van der Waals surface area contributed by atoms with Crippen molar-refractivity contribution >= 4 is 5.97 Å². The molecule has 0 aromatic carbocycles. The Morgan fingerprint density at radius 1 is 1.57 bits per heavy atom. The Morgan fingerprint density at radius 2 is 2.21 bits per heavy atom. The molecule has 1 aliphatic carbocycles. The lowest BCUT2D eigenvalue weighted by molar-refractivity contribution is -0.140. The van der Waals surface area contributed by atoms with Crippen LogP contribution in [0.3, 0.4) is 0 Å². The molecule has 1 fully saturated rings. The molecule has 14 heavy (non-hydrogen) atoms. The smallest absolute Gasteiger partial charge is 0.320 e. The number of aliphatic carboxylic acids is 1. The topological polar surface area (TPSA) is 69.6 Å². The Kier molecular flexibility index (Phi) is 4.35. The van der Waals surface area contributed by atoms with Crippen LogP contribution in [0, 0.1) is 5.92 Å². The van der Waals surface area contributed by atoms with Gasteiger partial charge in [-0.3, -0.25) is 4.79 Å². The number of hydrogen-bond acceptors (Lipinski definition) is 3. The Labute approximate surface area is 84.3 Å². The van der Waals surface area contributed by atoms with Gasteiger partial charge >= 0.3 is 5.97 Å². The van der Waals surface area contributed by atoms with E-state index in [-0.39, 0.29) is 6.10 Å². The maximum atomic E-state index is 10.8. The fourth-order valence-corrected chi connectivity index (χ4v) is 1.49. The Morgan fingerprint density at radius 3 is 2.64 bits per heavy atom. The third kappa shape index (κ3) is 3.64. The number of nitrogens with one attached hydrogen (secondary N) is 1. The predicted molar refractivity (Wildman–Crippen MR) is 53.1 cm³/mol. The van der Waals surface area contributed by atoms with E-state index in [1.165, 1.54) is 0 Å². The van der Waals surface area contributed by atoms with Crippen LogP contribution in [-0.2, 0) is 4.79 Å². The molecule has 0 aliphatic heterocycles. The summed E-state index contributed by atoms with van der Waals surface area (Å²) in [4.78, 5) is 10.8. The zero-order valence-corrected chi connectivity index (χ0v) is 8.57. The molecule has 0 spiro atoms. The minimum Gasteiger partial charge on any atom is -0.480 e. The van der Waals surface area contributed by atoms with Crippen LogP contribution in [0.1, 0.15) is 32.6 Å². The first-order valence-corrected chi connectivity index (χ1v) is 5.29. The highest BCUT2D eigenvalue weighted by atomic mass is 16.4. The van der Waals surface area contributed by atoms with E-state index < -0.39 is 12.0 Å².